The highest BCUT2D eigenvalue weighted by Crippen LogP contribution is 2.46. The molecule has 0 aliphatic rings. The molecule has 0 amide bonds. The monoisotopic (exact) mass is 190 g/mol. The predicted octanol–water partition coefficient (Wildman–Crippen LogP) is 2.26. The summed E-state index contributed by atoms with van der Waals surface area (Å²) in [6, 6.07) is 8.42. The van der Waals surface area contributed by atoms with Crippen molar-refractivity contribution in [1.82, 2.24) is 5.09 Å². The van der Waals surface area contributed by atoms with Crippen molar-refractivity contribution in [2.24, 2.45) is 0 Å². The number of nitrogens with zero attached hydrogens (tertiary/aromatic N) is 1. The van der Waals surface area contributed by atoms with Crippen LogP contribution in [0.1, 0.15) is 0 Å². The van der Waals surface area contributed by atoms with Crippen molar-refractivity contribution in [1.29, 1.82) is 0 Å². The van der Waals surface area contributed by atoms with Crippen LogP contribution in [0.2, 0.25) is 0 Å². The van der Waals surface area contributed by atoms with Crippen molar-refractivity contribution < 1.29 is 9.46 Å². The molecule has 1 aromatic rings. The molecule has 5 heteroatoms. The van der Waals surface area contributed by atoms with Crippen LogP contribution in [0.3, 0.4) is 0 Å². The first kappa shape index (κ1) is 8.60. The number of rotatable bonds is 2. The minimum absolute atomic E-state index is 0.410. The third-order valence-electron chi connectivity index (χ3n) is 0.995. The minimum atomic E-state index is -3.79. The van der Waals surface area contributed by atoms with Crippen molar-refractivity contribution in [2.45, 2.75) is 0 Å². The van der Waals surface area contributed by atoms with Crippen molar-refractivity contribution >= 4 is 23.8 Å². The van der Waals surface area contributed by atoms with E-state index >= 15 is 0 Å². The average molecular weight is 191 g/mol. The summed E-state index contributed by atoms with van der Waals surface area (Å²) < 4.78 is 10.5. The summed E-state index contributed by atoms with van der Waals surface area (Å²) in [4.78, 5) is 8.63. The van der Waals surface area contributed by atoms with Crippen molar-refractivity contribution in [2.75, 3.05) is 0 Å². The van der Waals surface area contributed by atoms with E-state index < -0.39 is 6.87 Å². The second-order valence-electron chi connectivity index (χ2n) is 1.91. The van der Waals surface area contributed by atoms with Crippen LogP contribution in [-0.4, -0.2) is 4.89 Å². The zero-order chi connectivity index (χ0) is 8.32. The lowest BCUT2D eigenvalue weighted by Gasteiger charge is -2.01. The van der Waals surface area contributed by atoms with Crippen LogP contribution in [-0.2, 0) is 4.57 Å². The fourth-order valence-electron chi connectivity index (χ4n) is 0.637. The van der Waals surface area contributed by atoms with E-state index in [0.717, 1.165) is 0 Å². The van der Waals surface area contributed by atoms with Crippen molar-refractivity contribution in [3.05, 3.63) is 30.3 Å². The number of hydrogen-bond donors (Lipinski definition) is 1. The topological polar surface area (TPSA) is 51.4 Å². The first-order valence-corrected chi connectivity index (χ1v) is 5.40. The quantitative estimate of drug-likeness (QED) is 0.728. The lowest BCUT2D eigenvalue weighted by Crippen LogP contribution is -1.87. The van der Waals surface area contributed by atoms with Crippen LogP contribution in [0, 0.1) is 0 Å². The third-order valence-corrected chi connectivity index (χ3v) is 1.70. The Labute approximate surface area is 69.3 Å². The van der Waals surface area contributed by atoms with E-state index in [1.807, 2.05) is 0 Å². The number of benzene rings is 1. The molecule has 0 saturated carbocycles. The Bertz CT molecular complexity index is 271. The van der Waals surface area contributed by atoms with Crippen LogP contribution in [0.4, 0.5) is 5.69 Å². The van der Waals surface area contributed by atoms with E-state index in [1.54, 1.807) is 30.3 Å². The van der Waals surface area contributed by atoms with Gasteiger partial charge < -0.3 is 4.89 Å². The molecular formula is C6H6ClNO2P. The van der Waals surface area contributed by atoms with Crippen LogP contribution in [0.15, 0.2) is 30.3 Å². The molecule has 1 radical (unpaired) electrons. The zero-order valence-electron chi connectivity index (χ0n) is 5.51. The Morgan fingerprint density at radius 2 is 1.91 bits per heavy atom. The largest absolute Gasteiger partial charge is 0.404 e. The Morgan fingerprint density at radius 1 is 1.36 bits per heavy atom. The van der Waals surface area contributed by atoms with Gasteiger partial charge >= 0.3 is 6.87 Å². The van der Waals surface area contributed by atoms with Crippen molar-refractivity contribution in [3.8, 4) is 0 Å². The maximum absolute atomic E-state index is 10.5. The van der Waals surface area contributed by atoms with Gasteiger partial charge in [-0.05, 0) is 23.4 Å². The van der Waals surface area contributed by atoms with Gasteiger partial charge in [-0.1, -0.05) is 18.2 Å². The fourth-order valence-corrected chi connectivity index (χ4v) is 1.32. The molecule has 0 bridgehead atoms. The molecule has 0 heterocycles. The highest BCUT2D eigenvalue weighted by atomic mass is 35.7. The lowest BCUT2D eigenvalue weighted by atomic mass is 10.3. The molecule has 1 rings (SSSR count). The SMILES string of the molecule is O=P(O)(Cl)[N]c1ccccc1. The summed E-state index contributed by atoms with van der Waals surface area (Å²) in [7, 11) is 0. The predicted molar refractivity (Wildman–Crippen MR) is 43.9 cm³/mol. The summed E-state index contributed by atoms with van der Waals surface area (Å²) >= 11 is 5.01. The molecule has 3 nitrogen and oxygen atoms in total. The third kappa shape index (κ3) is 3.42. The molecular weight excluding hydrogens is 184 g/mol. The molecule has 0 spiro atoms. The normalized spacial score (nSPS) is 15.5. The van der Waals surface area contributed by atoms with Gasteiger partial charge in [-0.3, -0.25) is 0 Å². The molecule has 1 unspecified atom stereocenters. The molecule has 0 saturated heterocycles. The maximum Gasteiger partial charge on any atom is 0.404 e. The number of hydrogen-bond acceptors (Lipinski definition) is 1. The summed E-state index contributed by atoms with van der Waals surface area (Å²) in [6.07, 6.45) is 0. The summed E-state index contributed by atoms with van der Waals surface area (Å²) in [5, 5.41) is 3.37. The summed E-state index contributed by atoms with van der Waals surface area (Å²) in [6.45, 7) is -3.79. The summed E-state index contributed by atoms with van der Waals surface area (Å²) in [5.74, 6) is 0. The molecule has 1 atom stereocenters. The van der Waals surface area contributed by atoms with Gasteiger partial charge in [-0.15, -0.1) is 0 Å². The van der Waals surface area contributed by atoms with Gasteiger partial charge in [-0.2, -0.15) is 5.09 Å². The van der Waals surface area contributed by atoms with Crippen LogP contribution in [0.25, 0.3) is 0 Å². The number of halogens is 1. The Hall–Kier alpha value is -0.500. The first-order valence-electron chi connectivity index (χ1n) is 2.89. The Kier molecular flexibility index (Phi) is 2.55. The van der Waals surface area contributed by atoms with Gasteiger partial charge in [0.05, 0.1) is 5.69 Å². The Morgan fingerprint density at radius 3 is 2.36 bits per heavy atom. The van der Waals surface area contributed by atoms with E-state index in [1.165, 1.54) is 0 Å². The minimum Gasteiger partial charge on any atom is -0.316 e. The molecule has 0 aliphatic carbocycles. The average Bonchev–Trinajstić information content (AvgIpc) is 1.85. The van der Waals surface area contributed by atoms with Crippen LogP contribution in [0.5, 0.6) is 0 Å². The van der Waals surface area contributed by atoms with Gasteiger partial charge in [0, 0.05) is 0 Å². The van der Waals surface area contributed by atoms with Crippen molar-refractivity contribution in [3.63, 3.8) is 0 Å². The van der Waals surface area contributed by atoms with E-state index in [4.69, 9.17) is 16.1 Å². The maximum atomic E-state index is 10.5. The van der Waals surface area contributed by atoms with Crippen LogP contribution >= 0.6 is 18.1 Å². The van der Waals surface area contributed by atoms with Gasteiger partial charge in [0.25, 0.3) is 0 Å². The molecule has 0 aliphatic heterocycles. The van der Waals surface area contributed by atoms with Gasteiger partial charge in [0.15, 0.2) is 0 Å². The highest BCUT2D eigenvalue weighted by Gasteiger charge is 2.14. The molecule has 1 aromatic carbocycles. The van der Waals surface area contributed by atoms with Gasteiger partial charge in [0.1, 0.15) is 0 Å². The van der Waals surface area contributed by atoms with E-state index in [9.17, 15) is 4.57 Å². The smallest absolute Gasteiger partial charge is 0.316 e. The zero-order valence-corrected chi connectivity index (χ0v) is 7.16. The van der Waals surface area contributed by atoms with Crippen LogP contribution < -0.4 is 5.09 Å². The second-order valence-corrected chi connectivity index (χ2v) is 4.38. The molecule has 0 aromatic heterocycles. The molecule has 59 valence electrons. The van der Waals surface area contributed by atoms with E-state index in [2.05, 4.69) is 5.09 Å². The van der Waals surface area contributed by atoms with E-state index in [0.29, 0.717) is 5.69 Å². The molecule has 11 heavy (non-hydrogen) atoms. The standard InChI is InChI=1S/C6H6ClNO2P/c7-11(9,10)8-6-4-2-1-3-5-6/h1-5H,(H,9,10). The first-order chi connectivity index (χ1) is 5.08. The second kappa shape index (κ2) is 3.26. The molecule has 1 N–H and O–H groups in total. The summed E-state index contributed by atoms with van der Waals surface area (Å²) in [5.41, 5.74) is 0.410. The van der Waals surface area contributed by atoms with Gasteiger partial charge in [0.2, 0.25) is 0 Å². The molecule has 0 fully saturated rings. The highest BCUT2D eigenvalue weighted by molar-refractivity contribution is 7.83. The van der Waals surface area contributed by atoms with Gasteiger partial charge in [-0.25, -0.2) is 4.57 Å². The fraction of sp³-hybridized carbons (Fsp3) is 0. The Balaban J connectivity index is 2.74. The van der Waals surface area contributed by atoms with E-state index in [-0.39, 0.29) is 0 Å². The lowest BCUT2D eigenvalue weighted by molar-refractivity contribution is 0.489.